The molecule has 2 aromatic carbocycles. The van der Waals surface area contributed by atoms with Crippen LogP contribution in [0.2, 0.25) is 0 Å². The number of aromatic carboxylic acids is 1. The fourth-order valence-corrected chi connectivity index (χ4v) is 5.15. The van der Waals surface area contributed by atoms with Crippen molar-refractivity contribution < 1.29 is 37.4 Å². The number of carboxylic acids is 1. The van der Waals surface area contributed by atoms with Crippen LogP contribution in [0.25, 0.3) is 33.4 Å². The number of ether oxygens (including phenoxy) is 2. The summed E-state index contributed by atoms with van der Waals surface area (Å²) in [5.41, 5.74) is 0.842. The molecular weight excluding hydrogens is 608 g/mol. The number of fused-ring (bicyclic) bond motifs is 2. The van der Waals surface area contributed by atoms with Crippen LogP contribution in [0.3, 0.4) is 0 Å². The number of rotatable bonds is 16. The van der Waals surface area contributed by atoms with Gasteiger partial charge in [0.15, 0.2) is 0 Å². The van der Waals surface area contributed by atoms with Crippen molar-refractivity contribution in [2.24, 2.45) is 4.99 Å². The Bertz CT molecular complexity index is 1690. The summed E-state index contributed by atoms with van der Waals surface area (Å²) < 4.78 is 47.1. The fraction of sp³-hybridized carbons (Fsp3) is 0.364. The Morgan fingerprint density at radius 1 is 0.933 bits per heavy atom. The number of benzene rings is 3. The second-order valence-corrected chi connectivity index (χ2v) is 10.6. The van der Waals surface area contributed by atoms with E-state index >= 15 is 8.78 Å². The van der Waals surface area contributed by atoms with Gasteiger partial charge in [-0.2, -0.15) is 0 Å². The van der Waals surface area contributed by atoms with Crippen LogP contribution in [0.1, 0.15) is 46.4 Å². The molecule has 0 atom stereocenters. The van der Waals surface area contributed by atoms with Gasteiger partial charge >= 0.3 is 5.97 Å². The predicted octanol–water partition coefficient (Wildman–Crippen LogP) is 6.32. The Morgan fingerprint density at radius 3 is 2.40 bits per heavy atom. The molecule has 2 aromatic rings. The van der Waals surface area contributed by atoms with Gasteiger partial charge in [0.2, 0.25) is 0 Å². The third-order valence-electron chi connectivity index (χ3n) is 7.24. The first kappa shape index (κ1) is 33.8. The zero-order valence-corrected chi connectivity index (χ0v) is 25.9. The van der Waals surface area contributed by atoms with Gasteiger partial charge in [0.25, 0.3) is 5.91 Å². The number of nitrogens with zero attached hydrogens (tertiary/aromatic N) is 1. The summed E-state index contributed by atoms with van der Waals surface area (Å²) in [7, 11) is 2.98. The molecule has 0 aromatic heterocycles. The van der Waals surface area contributed by atoms with Crippen molar-refractivity contribution in [1.29, 1.82) is 0 Å². The minimum absolute atomic E-state index is 0.0333. The van der Waals surface area contributed by atoms with E-state index in [0.29, 0.717) is 25.7 Å². The number of amides is 1. The zero-order valence-electron chi connectivity index (χ0n) is 25.2. The van der Waals surface area contributed by atoms with Crippen LogP contribution in [-0.4, -0.2) is 69.9 Å². The topological polar surface area (TPSA) is 122 Å². The lowest BCUT2D eigenvalue weighted by Crippen LogP contribution is -2.27. The summed E-state index contributed by atoms with van der Waals surface area (Å²) in [4.78, 5) is 29.4. The van der Waals surface area contributed by atoms with Gasteiger partial charge in [-0.15, -0.1) is 11.6 Å². The number of alkyl halides is 1. The lowest BCUT2D eigenvalue weighted by atomic mass is 9.89. The number of unbranched alkanes of at least 4 members (excludes halogenated alkanes) is 3. The molecule has 1 amide bonds. The molecule has 45 heavy (non-hydrogen) atoms. The summed E-state index contributed by atoms with van der Waals surface area (Å²) in [6, 6.07) is 9.26. The van der Waals surface area contributed by atoms with Crippen LogP contribution in [0, 0.1) is 11.6 Å². The Kier molecular flexibility index (Phi) is 12.3. The van der Waals surface area contributed by atoms with E-state index in [-0.39, 0.29) is 68.7 Å². The van der Waals surface area contributed by atoms with Crippen LogP contribution >= 0.6 is 11.6 Å². The van der Waals surface area contributed by atoms with Crippen molar-refractivity contribution in [1.82, 2.24) is 5.32 Å². The number of hydrogen-bond donors (Lipinski definition) is 3. The van der Waals surface area contributed by atoms with Gasteiger partial charge in [0.1, 0.15) is 23.0 Å². The normalized spacial score (nSPS) is 11.8. The van der Waals surface area contributed by atoms with Crippen LogP contribution in [0.4, 0.5) is 14.5 Å². The number of carbonyl (C=O) groups is 2. The van der Waals surface area contributed by atoms with Crippen molar-refractivity contribution in [3.8, 4) is 22.5 Å². The average molecular weight is 644 g/mol. The molecule has 1 aliphatic heterocycles. The highest BCUT2D eigenvalue weighted by molar-refractivity contribution is 6.17. The van der Waals surface area contributed by atoms with Gasteiger partial charge in [-0.25, -0.2) is 13.6 Å². The molecule has 0 fully saturated rings. The van der Waals surface area contributed by atoms with Crippen molar-refractivity contribution in [2.45, 2.75) is 25.7 Å². The first-order valence-corrected chi connectivity index (χ1v) is 15.2. The van der Waals surface area contributed by atoms with Crippen LogP contribution in [-0.2, 0) is 9.47 Å². The molecular formula is C33H36ClF2N3O6. The summed E-state index contributed by atoms with van der Waals surface area (Å²) in [6.07, 6.45) is 4.13. The molecule has 0 saturated heterocycles. The maximum atomic E-state index is 15.0. The van der Waals surface area contributed by atoms with E-state index in [1.165, 1.54) is 49.5 Å². The van der Waals surface area contributed by atoms with Crippen LogP contribution < -0.4 is 16.0 Å². The third kappa shape index (κ3) is 8.36. The smallest absolute Gasteiger partial charge is 0.336 e. The molecule has 4 rings (SSSR count). The number of hydrogen-bond acceptors (Lipinski definition) is 7. The maximum Gasteiger partial charge on any atom is 0.336 e. The summed E-state index contributed by atoms with van der Waals surface area (Å²) in [5.74, 6) is -2.17. The molecule has 240 valence electrons. The summed E-state index contributed by atoms with van der Waals surface area (Å²) in [5, 5.41) is 15.8. The quantitative estimate of drug-likeness (QED) is 0.0742. The third-order valence-corrected chi connectivity index (χ3v) is 7.51. The number of carbonyl (C=O) groups excluding carboxylic acids is 1. The van der Waals surface area contributed by atoms with Gasteiger partial charge in [-0.3, -0.25) is 9.79 Å². The fourth-order valence-electron chi connectivity index (χ4n) is 4.96. The molecule has 9 nitrogen and oxygen atoms in total. The Morgan fingerprint density at radius 2 is 1.69 bits per heavy atom. The molecule has 1 aliphatic carbocycles. The number of carboxylic acid groups (broad SMARTS) is 1. The monoisotopic (exact) mass is 643 g/mol. The number of anilines is 1. The molecule has 0 bridgehead atoms. The van der Waals surface area contributed by atoms with E-state index in [1.54, 1.807) is 7.05 Å². The molecule has 3 N–H and O–H groups in total. The first-order chi connectivity index (χ1) is 21.8. The molecule has 12 heteroatoms. The van der Waals surface area contributed by atoms with E-state index in [2.05, 4.69) is 15.6 Å². The highest BCUT2D eigenvalue weighted by Gasteiger charge is 2.25. The number of nitrogens with one attached hydrogen (secondary N) is 2. The van der Waals surface area contributed by atoms with Crippen molar-refractivity contribution in [3.05, 3.63) is 70.6 Å². The molecule has 0 saturated carbocycles. The van der Waals surface area contributed by atoms with Gasteiger partial charge in [0.05, 0.1) is 36.4 Å². The molecule has 2 aliphatic rings. The largest absolute Gasteiger partial charge is 0.478 e. The summed E-state index contributed by atoms with van der Waals surface area (Å²) in [6.45, 7) is 1.93. The first-order valence-electron chi connectivity index (χ1n) is 14.7. The van der Waals surface area contributed by atoms with Crippen molar-refractivity contribution in [2.75, 3.05) is 58.3 Å². The van der Waals surface area contributed by atoms with E-state index in [9.17, 15) is 14.7 Å². The molecule has 0 unspecified atom stereocenters. The maximum absolute atomic E-state index is 15.0. The Labute approximate surface area is 264 Å². The second kappa shape index (κ2) is 16.3. The van der Waals surface area contributed by atoms with Crippen molar-refractivity contribution in [3.63, 3.8) is 0 Å². The minimum Gasteiger partial charge on any atom is -0.478 e. The minimum atomic E-state index is -1.28. The second-order valence-electron chi connectivity index (χ2n) is 10.2. The highest BCUT2D eigenvalue weighted by Crippen LogP contribution is 2.43. The standard InChI is InChI=1S/C33H36ClF2N3O6/c1-37-27-18-29-23(16-25(27)35)31(24-17-26(36)28(38-2)19-30(24)45-29)22-15-20(7-8-21(22)33(41)42)32(40)39-10-12-44-14-13-43-11-6-4-3-5-9-34/h7-8,15-19,37H,3-6,9-14H2,1-2H3,(H,39,40)(H,41,42)/b38-28-. The zero-order chi connectivity index (χ0) is 32.3. The Balaban J connectivity index is 1.58. The van der Waals surface area contributed by atoms with E-state index in [4.69, 9.17) is 25.5 Å². The predicted molar refractivity (Wildman–Crippen MR) is 169 cm³/mol. The highest BCUT2D eigenvalue weighted by atomic mass is 35.5. The average Bonchev–Trinajstić information content (AvgIpc) is 3.03. The molecule has 0 radical (unpaired) electrons. The lowest BCUT2D eigenvalue weighted by molar-refractivity contribution is 0.0468. The Hall–Kier alpha value is -4.06. The lowest BCUT2D eigenvalue weighted by Gasteiger charge is -2.18. The van der Waals surface area contributed by atoms with Gasteiger partial charge in [-0.1, -0.05) is 12.8 Å². The number of halogens is 3. The van der Waals surface area contributed by atoms with Crippen molar-refractivity contribution >= 4 is 40.1 Å². The van der Waals surface area contributed by atoms with Gasteiger partial charge < -0.3 is 29.6 Å². The van der Waals surface area contributed by atoms with E-state index in [0.717, 1.165) is 25.7 Å². The van der Waals surface area contributed by atoms with Gasteiger partial charge in [0, 0.05) is 67.3 Å². The van der Waals surface area contributed by atoms with E-state index in [1.807, 2.05) is 0 Å². The SMILES string of the molecule is C/N=c1/cc2oc3cc(NC)c(F)cc3c(-c3cc(C(=O)NCCOCCOCCCCCCCl)ccc3C(=O)O)c-2cc1F. The van der Waals surface area contributed by atoms with Gasteiger partial charge in [-0.05, 0) is 48.7 Å². The summed E-state index contributed by atoms with van der Waals surface area (Å²) >= 11 is 5.67. The molecule has 0 spiro atoms. The van der Waals surface area contributed by atoms with Crippen LogP contribution in [0.5, 0.6) is 0 Å². The van der Waals surface area contributed by atoms with E-state index < -0.39 is 23.5 Å². The molecule has 1 heterocycles. The van der Waals surface area contributed by atoms with Crippen LogP contribution in [0.15, 0.2) is 51.9 Å².